The lowest BCUT2D eigenvalue weighted by molar-refractivity contribution is -0.162. The van der Waals surface area contributed by atoms with Crippen molar-refractivity contribution in [1.29, 1.82) is 0 Å². The van der Waals surface area contributed by atoms with Crippen LogP contribution in [0.5, 0.6) is 0 Å². The summed E-state index contributed by atoms with van der Waals surface area (Å²) in [5, 5.41) is 1.74. The first-order valence-corrected chi connectivity index (χ1v) is 6.00. The molecule has 0 spiro atoms. The number of ether oxygens (including phenoxy) is 1. The minimum atomic E-state index is -0.956. The summed E-state index contributed by atoms with van der Waals surface area (Å²) in [7, 11) is 0. The van der Waals surface area contributed by atoms with Crippen LogP contribution in [0.25, 0.3) is 0 Å². The van der Waals surface area contributed by atoms with Crippen LogP contribution in [0, 0.1) is 0 Å². The molecule has 17 heavy (non-hydrogen) atoms. The van der Waals surface area contributed by atoms with Crippen molar-refractivity contribution in [2.45, 2.75) is 32.8 Å². The van der Waals surface area contributed by atoms with Gasteiger partial charge in [-0.15, -0.1) is 11.3 Å². The van der Waals surface area contributed by atoms with E-state index in [9.17, 15) is 14.4 Å². The second-order valence-corrected chi connectivity index (χ2v) is 5.45. The van der Waals surface area contributed by atoms with E-state index in [1.54, 1.807) is 38.3 Å². The zero-order valence-corrected chi connectivity index (χ0v) is 10.8. The zero-order chi connectivity index (χ0) is 13.1. The third-order valence-corrected chi connectivity index (χ3v) is 2.65. The maximum Gasteiger partial charge on any atom is 0.375 e. The molecule has 1 aromatic rings. The molecule has 0 aliphatic carbocycles. The molecule has 0 amide bonds. The molecule has 1 rings (SSSR count). The first-order valence-electron chi connectivity index (χ1n) is 5.12. The van der Waals surface area contributed by atoms with E-state index < -0.39 is 23.8 Å². The van der Waals surface area contributed by atoms with E-state index in [1.165, 1.54) is 11.3 Å². The largest absolute Gasteiger partial charge is 0.454 e. The number of Topliss-reactive ketones (excluding diaryl/α,β-unsaturated/α-hetero) is 2. The summed E-state index contributed by atoms with van der Waals surface area (Å²) in [4.78, 5) is 34.8. The number of carbonyl (C=O) groups is 3. The Morgan fingerprint density at radius 1 is 1.29 bits per heavy atom. The van der Waals surface area contributed by atoms with Crippen LogP contribution in [0.15, 0.2) is 17.5 Å². The minimum Gasteiger partial charge on any atom is -0.454 e. The predicted molar refractivity (Wildman–Crippen MR) is 64.1 cm³/mol. The van der Waals surface area contributed by atoms with Crippen molar-refractivity contribution in [1.82, 2.24) is 0 Å². The molecule has 0 aliphatic rings. The molecule has 0 saturated heterocycles. The van der Waals surface area contributed by atoms with Gasteiger partial charge in [0.05, 0.1) is 11.3 Å². The first-order chi connectivity index (χ1) is 7.79. The fourth-order valence-corrected chi connectivity index (χ4v) is 1.74. The van der Waals surface area contributed by atoms with Crippen molar-refractivity contribution < 1.29 is 19.1 Å². The quantitative estimate of drug-likeness (QED) is 0.358. The Morgan fingerprint density at radius 3 is 2.41 bits per heavy atom. The van der Waals surface area contributed by atoms with E-state index in [4.69, 9.17) is 4.74 Å². The minimum absolute atomic E-state index is 0.351. The predicted octanol–water partition coefficient (Wildman–Crippen LogP) is 2.23. The van der Waals surface area contributed by atoms with Crippen LogP contribution < -0.4 is 0 Å². The molecule has 0 unspecified atom stereocenters. The van der Waals surface area contributed by atoms with Crippen LogP contribution >= 0.6 is 11.3 Å². The molecule has 0 radical (unpaired) electrons. The summed E-state index contributed by atoms with van der Waals surface area (Å²) in [6, 6.07) is 3.34. The molecule has 0 fully saturated rings. The van der Waals surface area contributed by atoms with Crippen molar-refractivity contribution in [3.8, 4) is 0 Å². The van der Waals surface area contributed by atoms with Crippen molar-refractivity contribution in [3.05, 3.63) is 22.4 Å². The lowest BCUT2D eigenvalue weighted by Crippen LogP contribution is -2.29. The SMILES string of the molecule is CC(C)(C)OC(=O)C(=O)CC(=O)c1cccs1. The molecule has 0 aliphatic heterocycles. The van der Waals surface area contributed by atoms with Crippen molar-refractivity contribution >= 4 is 28.9 Å². The highest BCUT2D eigenvalue weighted by atomic mass is 32.1. The molecule has 0 saturated carbocycles. The van der Waals surface area contributed by atoms with E-state index in [0.29, 0.717) is 4.88 Å². The van der Waals surface area contributed by atoms with Gasteiger partial charge >= 0.3 is 5.97 Å². The molecule has 92 valence electrons. The van der Waals surface area contributed by atoms with Gasteiger partial charge in [0.25, 0.3) is 0 Å². The molecule has 4 nitrogen and oxygen atoms in total. The van der Waals surface area contributed by atoms with Gasteiger partial charge < -0.3 is 4.74 Å². The Morgan fingerprint density at radius 2 is 1.94 bits per heavy atom. The topological polar surface area (TPSA) is 60.4 Å². The highest BCUT2D eigenvalue weighted by Gasteiger charge is 2.25. The van der Waals surface area contributed by atoms with E-state index in [-0.39, 0.29) is 5.78 Å². The van der Waals surface area contributed by atoms with Crippen molar-refractivity contribution in [2.24, 2.45) is 0 Å². The molecule has 0 aromatic carbocycles. The molecule has 0 bridgehead atoms. The van der Waals surface area contributed by atoms with Crippen molar-refractivity contribution in [3.63, 3.8) is 0 Å². The highest BCUT2D eigenvalue weighted by molar-refractivity contribution is 7.12. The van der Waals surface area contributed by atoms with E-state index in [1.807, 2.05) is 0 Å². The Kier molecular flexibility index (Phi) is 4.17. The average Bonchev–Trinajstić information content (AvgIpc) is 2.67. The Hall–Kier alpha value is -1.49. The number of rotatable bonds is 4. The Bertz CT molecular complexity index is 426. The molecule has 1 heterocycles. The van der Waals surface area contributed by atoms with Gasteiger partial charge in [0.2, 0.25) is 5.78 Å². The van der Waals surface area contributed by atoms with E-state index in [2.05, 4.69) is 0 Å². The summed E-state index contributed by atoms with van der Waals surface area (Å²) in [6.07, 6.45) is -0.435. The molecule has 1 aromatic heterocycles. The van der Waals surface area contributed by atoms with Gasteiger partial charge in [-0.05, 0) is 32.2 Å². The van der Waals surface area contributed by atoms with Gasteiger partial charge in [0.15, 0.2) is 5.78 Å². The Balaban J connectivity index is 2.55. The summed E-state index contributed by atoms with van der Waals surface area (Å²) >= 11 is 1.24. The van der Waals surface area contributed by atoms with E-state index in [0.717, 1.165) is 0 Å². The Labute approximate surface area is 104 Å². The third kappa shape index (κ3) is 4.48. The molecule has 0 atom stereocenters. The average molecular weight is 254 g/mol. The number of hydrogen-bond donors (Lipinski definition) is 0. The van der Waals surface area contributed by atoms with Crippen LogP contribution in [0.1, 0.15) is 36.9 Å². The zero-order valence-electron chi connectivity index (χ0n) is 9.98. The maximum absolute atomic E-state index is 11.6. The normalized spacial score (nSPS) is 11.0. The van der Waals surface area contributed by atoms with Crippen LogP contribution in [0.4, 0.5) is 0 Å². The van der Waals surface area contributed by atoms with Gasteiger partial charge in [-0.25, -0.2) is 4.79 Å². The van der Waals surface area contributed by atoms with Gasteiger partial charge in [-0.2, -0.15) is 0 Å². The lowest BCUT2D eigenvalue weighted by Gasteiger charge is -2.18. The van der Waals surface area contributed by atoms with E-state index >= 15 is 0 Å². The van der Waals surface area contributed by atoms with Crippen LogP contribution in [0.3, 0.4) is 0 Å². The van der Waals surface area contributed by atoms with Crippen LogP contribution in [0.2, 0.25) is 0 Å². The smallest absolute Gasteiger partial charge is 0.375 e. The molecular formula is C12H14O4S. The molecule has 5 heteroatoms. The van der Waals surface area contributed by atoms with Crippen LogP contribution in [-0.4, -0.2) is 23.1 Å². The third-order valence-electron chi connectivity index (χ3n) is 1.74. The number of hydrogen-bond acceptors (Lipinski definition) is 5. The summed E-state index contributed by atoms with van der Waals surface area (Å²) < 4.78 is 4.88. The summed E-state index contributed by atoms with van der Waals surface area (Å²) in [6.45, 7) is 5.00. The van der Waals surface area contributed by atoms with Crippen molar-refractivity contribution in [2.75, 3.05) is 0 Å². The molecule has 0 N–H and O–H groups in total. The first kappa shape index (κ1) is 13.6. The monoisotopic (exact) mass is 254 g/mol. The fourth-order valence-electron chi connectivity index (χ4n) is 1.08. The van der Waals surface area contributed by atoms with Crippen LogP contribution in [-0.2, 0) is 14.3 Å². The van der Waals surface area contributed by atoms with Gasteiger partial charge in [0, 0.05) is 0 Å². The van der Waals surface area contributed by atoms with Gasteiger partial charge in [-0.1, -0.05) is 6.07 Å². The van der Waals surface area contributed by atoms with Gasteiger partial charge in [-0.3, -0.25) is 9.59 Å². The maximum atomic E-state index is 11.6. The highest BCUT2D eigenvalue weighted by Crippen LogP contribution is 2.13. The lowest BCUT2D eigenvalue weighted by atomic mass is 10.1. The number of ketones is 2. The number of carbonyl (C=O) groups excluding carboxylic acids is 3. The fraction of sp³-hybridized carbons (Fsp3) is 0.417. The second-order valence-electron chi connectivity index (χ2n) is 4.50. The number of thiophene rings is 1. The summed E-state index contributed by atoms with van der Waals surface area (Å²) in [5.41, 5.74) is -0.723. The number of esters is 1. The summed E-state index contributed by atoms with van der Waals surface area (Å²) in [5.74, 6) is -2.11. The molecular weight excluding hydrogens is 240 g/mol. The second kappa shape index (κ2) is 5.23. The van der Waals surface area contributed by atoms with Gasteiger partial charge in [0.1, 0.15) is 5.60 Å². The standard InChI is InChI=1S/C12H14O4S/c1-12(2,3)16-11(15)9(14)7-8(13)10-5-4-6-17-10/h4-6H,7H2,1-3H3.